The van der Waals surface area contributed by atoms with Gasteiger partial charge in [-0.05, 0) is 61.4 Å². The number of piperidine rings is 1. The van der Waals surface area contributed by atoms with Crippen molar-refractivity contribution < 1.29 is 27.5 Å². The molecule has 0 bridgehead atoms. The van der Waals surface area contributed by atoms with Crippen LogP contribution in [0.4, 0.5) is 5.69 Å². The summed E-state index contributed by atoms with van der Waals surface area (Å²) < 4.78 is 37.9. The van der Waals surface area contributed by atoms with Crippen molar-refractivity contribution in [2.75, 3.05) is 25.0 Å². The number of carbonyl (C=O) groups is 2. The summed E-state index contributed by atoms with van der Waals surface area (Å²) in [5.74, 6) is -0.369. The molecule has 1 amide bonds. The highest BCUT2D eigenvalue weighted by molar-refractivity contribution is 7.89. The zero-order chi connectivity index (χ0) is 24.7. The van der Waals surface area contributed by atoms with Gasteiger partial charge in [-0.15, -0.1) is 0 Å². The van der Waals surface area contributed by atoms with Crippen LogP contribution in [0.3, 0.4) is 0 Å². The number of nitrogens with one attached hydrogen (secondary N) is 1. The topological polar surface area (TPSA) is 102 Å². The Balaban J connectivity index is 1.33. The predicted octanol–water partition coefficient (Wildman–Crippen LogP) is 4.45. The van der Waals surface area contributed by atoms with Gasteiger partial charge >= 0.3 is 5.97 Å². The number of carbonyl (C=O) groups excluding carboxylic acids is 2. The fourth-order valence-corrected chi connectivity index (χ4v) is 5.23. The van der Waals surface area contributed by atoms with Crippen molar-refractivity contribution in [1.82, 2.24) is 4.31 Å². The van der Waals surface area contributed by atoms with Crippen molar-refractivity contribution in [3.63, 3.8) is 0 Å². The number of amides is 1. The second-order valence-electron chi connectivity index (χ2n) is 8.02. The molecule has 182 valence electrons. The van der Waals surface area contributed by atoms with E-state index in [9.17, 15) is 18.0 Å². The number of rotatable bonds is 8. The molecule has 35 heavy (non-hydrogen) atoms. The third-order valence-corrected chi connectivity index (χ3v) is 7.42. The van der Waals surface area contributed by atoms with E-state index in [-0.39, 0.29) is 10.5 Å². The summed E-state index contributed by atoms with van der Waals surface area (Å²) in [6, 6.07) is 21.6. The Labute approximate surface area is 204 Å². The van der Waals surface area contributed by atoms with Crippen LogP contribution < -0.4 is 10.1 Å². The van der Waals surface area contributed by atoms with Gasteiger partial charge in [0, 0.05) is 18.8 Å². The van der Waals surface area contributed by atoms with E-state index in [1.807, 2.05) is 18.2 Å². The summed E-state index contributed by atoms with van der Waals surface area (Å²) in [4.78, 5) is 25.1. The van der Waals surface area contributed by atoms with Crippen LogP contribution in [0.15, 0.2) is 83.8 Å². The molecule has 1 heterocycles. The van der Waals surface area contributed by atoms with Gasteiger partial charge in [0.15, 0.2) is 6.61 Å². The van der Waals surface area contributed by atoms with Crippen LogP contribution in [0.2, 0.25) is 0 Å². The van der Waals surface area contributed by atoms with E-state index in [4.69, 9.17) is 9.47 Å². The van der Waals surface area contributed by atoms with Gasteiger partial charge in [0.1, 0.15) is 17.1 Å². The molecule has 0 saturated carbocycles. The van der Waals surface area contributed by atoms with Gasteiger partial charge in [-0.2, -0.15) is 4.31 Å². The second-order valence-corrected chi connectivity index (χ2v) is 9.96. The van der Waals surface area contributed by atoms with Crippen molar-refractivity contribution >= 4 is 27.6 Å². The fraction of sp³-hybridized carbons (Fsp3) is 0.231. The standard InChI is InChI=1S/C26H26N2O6S/c29-25(27-20-13-15-22(16-14-20)35(31,32)28-17-7-2-8-18-28)19-33-26(30)23-11-5-6-12-24(23)34-21-9-3-1-4-10-21/h1,3-6,9-16H,2,7-8,17-19H2,(H,27,29). The van der Waals surface area contributed by atoms with Crippen LogP contribution in [0.5, 0.6) is 11.5 Å². The van der Waals surface area contributed by atoms with E-state index in [1.54, 1.807) is 36.4 Å². The summed E-state index contributed by atoms with van der Waals surface area (Å²) in [5.41, 5.74) is 0.591. The van der Waals surface area contributed by atoms with Gasteiger partial charge in [0.2, 0.25) is 10.0 Å². The molecular formula is C26H26N2O6S. The molecule has 0 unspecified atom stereocenters. The van der Waals surface area contributed by atoms with Crippen molar-refractivity contribution in [3.05, 3.63) is 84.4 Å². The van der Waals surface area contributed by atoms with Crippen LogP contribution >= 0.6 is 0 Å². The minimum Gasteiger partial charge on any atom is -0.456 e. The van der Waals surface area contributed by atoms with E-state index in [2.05, 4.69) is 5.32 Å². The SMILES string of the molecule is O=C(COC(=O)c1ccccc1Oc1ccccc1)Nc1ccc(S(=O)(=O)N2CCCCC2)cc1. The molecule has 0 spiro atoms. The van der Waals surface area contributed by atoms with Crippen molar-refractivity contribution in [2.24, 2.45) is 0 Å². The zero-order valence-corrected chi connectivity index (χ0v) is 19.9. The van der Waals surface area contributed by atoms with Gasteiger partial charge in [-0.3, -0.25) is 4.79 Å². The molecule has 0 atom stereocenters. The number of anilines is 1. The highest BCUT2D eigenvalue weighted by Crippen LogP contribution is 2.26. The third kappa shape index (κ3) is 6.26. The normalized spacial score (nSPS) is 14.2. The Bertz CT molecular complexity index is 1270. The van der Waals surface area contributed by atoms with Crippen LogP contribution in [-0.2, 0) is 19.6 Å². The number of hydrogen-bond acceptors (Lipinski definition) is 6. The lowest BCUT2D eigenvalue weighted by atomic mass is 10.2. The molecule has 0 aromatic heterocycles. The number of esters is 1. The lowest BCUT2D eigenvalue weighted by molar-refractivity contribution is -0.119. The van der Waals surface area contributed by atoms with Crippen molar-refractivity contribution in [3.8, 4) is 11.5 Å². The van der Waals surface area contributed by atoms with E-state index in [1.165, 1.54) is 28.6 Å². The van der Waals surface area contributed by atoms with Gasteiger partial charge in [0.05, 0.1) is 4.90 Å². The Morgan fingerprint density at radius 2 is 1.49 bits per heavy atom. The minimum atomic E-state index is -3.55. The van der Waals surface area contributed by atoms with Crippen molar-refractivity contribution in [1.29, 1.82) is 0 Å². The Morgan fingerprint density at radius 3 is 2.20 bits per heavy atom. The van der Waals surface area contributed by atoms with E-state index in [0.29, 0.717) is 30.3 Å². The molecule has 1 N–H and O–H groups in total. The monoisotopic (exact) mass is 494 g/mol. The number of para-hydroxylation sites is 2. The number of hydrogen-bond donors (Lipinski definition) is 1. The lowest BCUT2D eigenvalue weighted by Gasteiger charge is -2.25. The number of sulfonamides is 1. The maximum Gasteiger partial charge on any atom is 0.342 e. The first kappa shape index (κ1) is 24.4. The van der Waals surface area contributed by atoms with Crippen LogP contribution in [0, 0.1) is 0 Å². The number of benzene rings is 3. The predicted molar refractivity (Wildman–Crippen MR) is 131 cm³/mol. The van der Waals surface area contributed by atoms with Crippen LogP contribution in [0.25, 0.3) is 0 Å². The Hall–Kier alpha value is -3.69. The maximum atomic E-state index is 12.7. The highest BCUT2D eigenvalue weighted by atomic mass is 32.2. The molecule has 0 aliphatic carbocycles. The van der Waals surface area contributed by atoms with Crippen LogP contribution in [0.1, 0.15) is 29.6 Å². The van der Waals surface area contributed by atoms with Gasteiger partial charge < -0.3 is 14.8 Å². The summed E-state index contributed by atoms with van der Waals surface area (Å²) >= 11 is 0. The summed E-state index contributed by atoms with van der Waals surface area (Å²) in [7, 11) is -3.55. The number of nitrogens with zero attached hydrogens (tertiary/aromatic N) is 1. The van der Waals surface area contributed by atoms with E-state index >= 15 is 0 Å². The minimum absolute atomic E-state index is 0.179. The molecule has 0 radical (unpaired) electrons. The van der Waals surface area contributed by atoms with Crippen LogP contribution in [-0.4, -0.2) is 44.3 Å². The molecule has 1 saturated heterocycles. The molecule has 3 aromatic carbocycles. The quantitative estimate of drug-likeness (QED) is 0.464. The molecule has 1 aliphatic rings. The molecule has 8 nitrogen and oxygen atoms in total. The zero-order valence-electron chi connectivity index (χ0n) is 19.1. The van der Waals surface area contributed by atoms with Gasteiger partial charge in [-0.1, -0.05) is 36.8 Å². The third-order valence-electron chi connectivity index (χ3n) is 5.50. The van der Waals surface area contributed by atoms with Gasteiger partial charge in [-0.25, -0.2) is 13.2 Å². The Kier molecular flexibility index (Phi) is 7.79. The first-order chi connectivity index (χ1) is 16.9. The summed E-state index contributed by atoms with van der Waals surface area (Å²) in [6.45, 7) is 0.531. The van der Waals surface area contributed by atoms with E-state index < -0.39 is 28.5 Å². The highest BCUT2D eigenvalue weighted by Gasteiger charge is 2.25. The first-order valence-corrected chi connectivity index (χ1v) is 12.8. The molecule has 1 fully saturated rings. The Morgan fingerprint density at radius 1 is 0.829 bits per heavy atom. The van der Waals surface area contributed by atoms with Crippen molar-refractivity contribution in [2.45, 2.75) is 24.2 Å². The molecule has 1 aliphatic heterocycles. The second kappa shape index (κ2) is 11.2. The molecule has 9 heteroatoms. The maximum absolute atomic E-state index is 12.7. The lowest BCUT2D eigenvalue weighted by Crippen LogP contribution is -2.35. The fourth-order valence-electron chi connectivity index (χ4n) is 3.71. The molecule has 4 rings (SSSR count). The summed E-state index contributed by atoms with van der Waals surface area (Å²) in [5, 5.41) is 2.61. The smallest absolute Gasteiger partial charge is 0.342 e. The van der Waals surface area contributed by atoms with Gasteiger partial charge in [0.25, 0.3) is 5.91 Å². The average molecular weight is 495 g/mol. The molecule has 3 aromatic rings. The summed E-state index contributed by atoms with van der Waals surface area (Å²) in [6.07, 6.45) is 2.75. The molecular weight excluding hydrogens is 468 g/mol. The van der Waals surface area contributed by atoms with E-state index in [0.717, 1.165) is 19.3 Å². The largest absolute Gasteiger partial charge is 0.456 e. The number of ether oxygens (including phenoxy) is 2. The first-order valence-electron chi connectivity index (χ1n) is 11.3. The average Bonchev–Trinajstić information content (AvgIpc) is 2.89.